The lowest BCUT2D eigenvalue weighted by molar-refractivity contribution is 0.0988. The Labute approximate surface area is 183 Å². The summed E-state index contributed by atoms with van der Waals surface area (Å²) in [4.78, 5) is 30.3. The van der Waals surface area contributed by atoms with Crippen LogP contribution in [0.4, 0.5) is 0 Å². The Bertz CT molecular complexity index is 1130. The van der Waals surface area contributed by atoms with Gasteiger partial charge < -0.3 is 9.40 Å². The van der Waals surface area contributed by atoms with Crippen LogP contribution in [0.15, 0.2) is 15.7 Å². The van der Waals surface area contributed by atoms with Crippen LogP contribution in [-0.2, 0) is 12.8 Å². The lowest BCUT2D eigenvalue weighted by Gasteiger charge is -2.16. The van der Waals surface area contributed by atoms with Crippen LogP contribution in [-0.4, -0.2) is 32.0 Å². The second-order valence-corrected chi connectivity index (χ2v) is 10.5. The van der Waals surface area contributed by atoms with Crippen LogP contribution in [0.2, 0.25) is 0 Å². The highest BCUT2D eigenvalue weighted by Crippen LogP contribution is 2.38. The van der Waals surface area contributed by atoms with Crippen molar-refractivity contribution in [1.29, 1.82) is 0 Å². The fourth-order valence-electron chi connectivity index (χ4n) is 4.10. The first kappa shape index (κ1) is 21.1. The molecule has 0 amide bonds. The fraction of sp³-hybridized carbons (Fsp3) is 0.455. The molecule has 3 heterocycles. The number of carbonyl (C=O) groups excluding carboxylic acids is 2. The summed E-state index contributed by atoms with van der Waals surface area (Å²) in [5, 5.41) is 8.29. The quantitative estimate of drug-likeness (QED) is 0.403. The van der Waals surface area contributed by atoms with Crippen molar-refractivity contribution in [1.82, 2.24) is 15.2 Å². The molecule has 0 radical (unpaired) electrons. The molecule has 2 atom stereocenters. The van der Waals surface area contributed by atoms with Crippen molar-refractivity contribution in [3.63, 3.8) is 0 Å². The minimum Gasteiger partial charge on any atom is -0.410 e. The fourth-order valence-corrected chi connectivity index (χ4v) is 5.97. The van der Waals surface area contributed by atoms with Crippen molar-refractivity contribution >= 4 is 34.7 Å². The number of nitrogens with one attached hydrogen (secondary N) is 1. The van der Waals surface area contributed by atoms with E-state index in [2.05, 4.69) is 28.2 Å². The molecule has 0 fully saturated rings. The molecule has 0 saturated carbocycles. The third-order valence-electron chi connectivity index (χ3n) is 5.63. The molecule has 0 aliphatic heterocycles. The number of aromatic amines is 1. The number of rotatable bonds is 6. The Morgan fingerprint density at radius 1 is 1.33 bits per heavy atom. The molecular weight excluding hydrogens is 418 g/mol. The van der Waals surface area contributed by atoms with E-state index in [1.165, 1.54) is 35.5 Å². The number of aryl methyl sites for hydroxylation is 2. The molecule has 4 rings (SSSR count). The van der Waals surface area contributed by atoms with E-state index in [0.717, 1.165) is 23.4 Å². The summed E-state index contributed by atoms with van der Waals surface area (Å²) in [6, 6.07) is 2.17. The third-order valence-corrected chi connectivity index (χ3v) is 7.79. The molecule has 8 heteroatoms. The topological polar surface area (TPSA) is 88.9 Å². The van der Waals surface area contributed by atoms with Gasteiger partial charge in [-0.2, -0.15) is 0 Å². The van der Waals surface area contributed by atoms with Crippen molar-refractivity contribution in [2.24, 2.45) is 5.92 Å². The predicted octanol–water partition coefficient (Wildman–Crippen LogP) is 5.43. The minimum atomic E-state index is -0.424. The number of hydrogen-bond donors (Lipinski definition) is 1. The zero-order chi connectivity index (χ0) is 21.6. The van der Waals surface area contributed by atoms with E-state index in [4.69, 9.17) is 4.42 Å². The SMILES string of the molecule is CC(=O)c1c(C)[nH]c(C(=O)[C@H](C)Sc2nnc(-c3cc4c(s3)CC[C@H](C)C4)o2)c1C. The van der Waals surface area contributed by atoms with Gasteiger partial charge in [-0.15, -0.1) is 21.5 Å². The molecule has 3 aromatic rings. The third kappa shape index (κ3) is 3.90. The van der Waals surface area contributed by atoms with Crippen molar-refractivity contribution in [3.05, 3.63) is 39.0 Å². The summed E-state index contributed by atoms with van der Waals surface area (Å²) in [6.45, 7) is 9.22. The number of carbonyl (C=O) groups is 2. The van der Waals surface area contributed by atoms with Gasteiger partial charge >= 0.3 is 0 Å². The van der Waals surface area contributed by atoms with Crippen molar-refractivity contribution in [2.45, 2.75) is 64.4 Å². The average molecular weight is 444 g/mol. The van der Waals surface area contributed by atoms with Crippen molar-refractivity contribution in [3.8, 4) is 10.8 Å². The van der Waals surface area contributed by atoms with Crippen molar-refractivity contribution < 1.29 is 14.0 Å². The largest absolute Gasteiger partial charge is 0.410 e. The van der Waals surface area contributed by atoms with Gasteiger partial charge in [0.15, 0.2) is 11.6 Å². The zero-order valence-corrected chi connectivity index (χ0v) is 19.4. The number of aromatic nitrogens is 3. The van der Waals surface area contributed by atoms with E-state index in [-0.39, 0.29) is 11.6 Å². The summed E-state index contributed by atoms with van der Waals surface area (Å²) in [5.41, 5.74) is 3.87. The van der Waals surface area contributed by atoms with E-state index in [1.54, 1.807) is 18.3 Å². The summed E-state index contributed by atoms with van der Waals surface area (Å²) in [7, 11) is 0. The number of Topliss-reactive ketones (excluding diaryl/α,β-unsaturated/α-hetero) is 2. The van der Waals surface area contributed by atoms with Crippen LogP contribution in [0.3, 0.4) is 0 Å². The van der Waals surface area contributed by atoms with Crippen molar-refractivity contribution in [2.75, 3.05) is 0 Å². The average Bonchev–Trinajstić information content (AvgIpc) is 3.37. The van der Waals surface area contributed by atoms with Gasteiger partial charge in [0.1, 0.15) is 0 Å². The Morgan fingerprint density at radius 3 is 2.80 bits per heavy atom. The molecule has 0 saturated heterocycles. The first-order chi connectivity index (χ1) is 14.2. The molecule has 1 N–H and O–H groups in total. The lowest BCUT2D eigenvalue weighted by Crippen LogP contribution is -2.15. The van der Waals surface area contributed by atoms with E-state index in [9.17, 15) is 9.59 Å². The predicted molar refractivity (Wildman–Crippen MR) is 119 cm³/mol. The van der Waals surface area contributed by atoms with E-state index >= 15 is 0 Å². The molecule has 0 unspecified atom stereocenters. The molecule has 6 nitrogen and oxygen atoms in total. The minimum absolute atomic E-state index is 0.0461. The first-order valence-corrected chi connectivity index (χ1v) is 11.8. The van der Waals surface area contributed by atoms with Crippen LogP contribution in [0.1, 0.15) is 69.7 Å². The summed E-state index contributed by atoms with van der Waals surface area (Å²) in [6.07, 6.45) is 3.43. The molecular formula is C22H25N3O3S2. The lowest BCUT2D eigenvalue weighted by atomic mass is 9.90. The smallest absolute Gasteiger partial charge is 0.277 e. The van der Waals surface area contributed by atoms with Crippen LogP contribution >= 0.6 is 23.1 Å². The zero-order valence-electron chi connectivity index (χ0n) is 17.8. The van der Waals surface area contributed by atoms with Crippen LogP contribution in [0, 0.1) is 19.8 Å². The van der Waals surface area contributed by atoms with Gasteiger partial charge in [0.05, 0.1) is 15.8 Å². The Hall–Kier alpha value is -2.19. The standard InChI is InChI=1S/C22H25N3O3S2/c1-10-6-7-16-15(8-10)9-17(30-16)21-24-25-22(28-21)29-14(5)20(27)19-11(2)18(13(4)26)12(3)23-19/h9-10,14,23H,6-8H2,1-5H3/t10-,14-/m0/s1. The van der Waals surface area contributed by atoms with Gasteiger partial charge in [0.25, 0.3) is 11.1 Å². The van der Waals surface area contributed by atoms with Gasteiger partial charge in [0.2, 0.25) is 0 Å². The number of fused-ring (bicyclic) bond motifs is 1. The maximum absolute atomic E-state index is 12.9. The number of thioether (sulfide) groups is 1. The summed E-state index contributed by atoms with van der Waals surface area (Å²) < 4.78 is 5.86. The number of ketones is 2. The summed E-state index contributed by atoms with van der Waals surface area (Å²) in [5.74, 6) is 1.09. The highest BCUT2D eigenvalue weighted by molar-refractivity contribution is 8.00. The second kappa shape index (κ2) is 8.15. The van der Waals surface area contributed by atoms with Crippen LogP contribution < -0.4 is 0 Å². The van der Waals surface area contributed by atoms with Crippen LogP contribution in [0.5, 0.6) is 0 Å². The molecule has 1 aliphatic rings. The molecule has 30 heavy (non-hydrogen) atoms. The van der Waals surface area contributed by atoms with Gasteiger partial charge in [0, 0.05) is 16.1 Å². The number of nitrogens with zero attached hydrogens (tertiary/aromatic N) is 2. The molecule has 158 valence electrons. The summed E-state index contributed by atoms with van der Waals surface area (Å²) >= 11 is 2.96. The van der Waals surface area contributed by atoms with Crippen LogP contribution in [0.25, 0.3) is 10.8 Å². The highest BCUT2D eigenvalue weighted by atomic mass is 32.2. The highest BCUT2D eigenvalue weighted by Gasteiger charge is 2.26. The Kier molecular flexibility index (Phi) is 5.72. The molecule has 0 bridgehead atoms. The number of hydrogen-bond acceptors (Lipinski definition) is 7. The molecule has 0 aromatic carbocycles. The number of H-pyrrole nitrogens is 1. The Morgan fingerprint density at radius 2 is 2.10 bits per heavy atom. The maximum Gasteiger partial charge on any atom is 0.277 e. The van der Waals surface area contributed by atoms with Gasteiger partial charge in [-0.1, -0.05) is 18.7 Å². The Balaban J connectivity index is 1.49. The first-order valence-electron chi connectivity index (χ1n) is 10.1. The van der Waals surface area contributed by atoms with Gasteiger partial charge in [-0.3, -0.25) is 9.59 Å². The monoisotopic (exact) mass is 443 g/mol. The second-order valence-electron chi connectivity index (χ2n) is 8.09. The van der Waals surface area contributed by atoms with E-state index in [0.29, 0.717) is 33.9 Å². The number of thiophene rings is 1. The normalized spacial score (nSPS) is 17.0. The van der Waals surface area contributed by atoms with Gasteiger partial charge in [-0.05, 0) is 70.1 Å². The molecule has 3 aromatic heterocycles. The maximum atomic E-state index is 12.9. The van der Waals surface area contributed by atoms with Gasteiger partial charge in [-0.25, -0.2) is 0 Å². The van der Waals surface area contributed by atoms with E-state index in [1.807, 2.05) is 13.8 Å². The van der Waals surface area contributed by atoms with E-state index < -0.39 is 5.25 Å². The molecule has 0 spiro atoms. The molecule has 1 aliphatic carbocycles.